The van der Waals surface area contributed by atoms with Crippen LogP contribution in [0.4, 0.5) is 5.69 Å². The van der Waals surface area contributed by atoms with Crippen LogP contribution in [0.3, 0.4) is 0 Å². The molecule has 0 aliphatic heterocycles. The molecule has 0 saturated heterocycles. The van der Waals surface area contributed by atoms with Crippen LogP contribution in [0.1, 0.15) is 30.7 Å². The van der Waals surface area contributed by atoms with Crippen molar-refractivity contribution >= 4 is 17.0 Å². The Morgan fingerprint density at radius 2 is 2.20 bits per heavy atom. The van der Waals surface area contributed by atoms with Crippen LogP contribution in [0.25, 0.3) is 0 Å². The summed E-state index contributed by atoms with van der Waals surface area (Å²) < 4.78 is 5.73. The Hall–Kier alpha value is -1.55. The number of thiazole rings is 1. The Morgan fingerprint density at radius 3 is 2.90 bits per heavy atom. The van der Waals surface area contributed by atoms with Crippen molar-refractivity contribution in [1.82, 2.24) is 4.98 Å². The maximum Gasteiger partial charge on any atom is 0.121 e. The molecule has 0 aliphatic rings. The van der Waals surface area contributed by atoms with Gasteiger partial charge in [0, 0.05) is 22.8 Å². The van der Waals surface area contributed by atoms with Gasteiger partial charge in [0.05, 0.1) is 18.2 Å². The zero-order chi connectivity index (χ0) is 14.4. The largest absolute Gasteiger partial charge is 0.493 e. The van der Waals surface area contributed by atoms with E-state index in [-0.39, 0.29) is 0 Å². The Bertz CT molecular complexity index is 537. The summed E-state index contributed by atoms with van der Waals surface area (Å²) in [7, 11) is 0. The monoisotopic (exact) mass is 290 g/mol. The van der Waals surface area contributed by atoms with Crippen molar-refractivity contribution in [2.75, 3.05) is 11.9 Å². The second-order valence-corrected chi connectivity index (χ2v) is 6.36. The Morgan fingerprint density at radius 1 is 1.35 bits per heavy atom. The van der Waals surface area contributed by atoms with E-state index in [1.807, 2.05) is 24.4 Å². The quantitative estimate of drug-likeness (QED) is 0.823. The van der Waals surface area contributed by atoms with Crippen LogP contribution < -0.4 is 10.1 Å². The van der Waals surface area contributed by atoms with Gasteiger partial charge in [-0.3, -0.25) is 0 Å². The number of hydrogen-bond acceptors (Lipinski definition) is 4. The molecule has 108 valence electrons. The average Bonchev–Trinajstić information content (AvgIpc) is 2.91. The van der Waals surface area contributed by atoms with Gasteiger partial charge in [0.1, 0.15) is 5.75 Å². The highest BCUT2D eigenvalue weighted by molar-refractivity contribution is 7.11. The summed E-state index contributed by atoms with van der Waals surface area (Å²) in [5.41, 5.74) is 1.08. The summed E-state index contributed by atoms with van der Waals surface area (Å²) in [6, 6.07) is 8.12. The summed E-state index contributed by atoms with van der Waals surface area (Å²) >= 11 is 1.77. The van der Waals surface area contributed by atoms with Crippen LogP contribution in [-0.2, 0) is 13.0 Å². The molecule has 0 radical (unpaired) electrons. The van der Waals surface area contributed by atoms with E-state index in [0.717, 1.165) is 31.0 Å². The second-order valence-electron chi connectivity index (χ2n) is 5.16. The molecule has 20 heavy (non-hydrogen) atoms. The number of benzene rings is 1. The number of aromatic nitrogens is 1. The van der Waals surface area contributed by atoms with E-state index < -0.39 is 0 Å². The van der Waals surface area contributed by atoms with Crippen molar-refractivity contribution in [3.8, 4) is 5.75 Å². The molecule has 0 fully saturated rings. The fourth-order valence-electron chi connectivity index (χ4n) is 1.74. The maximum atomic E-state index is 5.73. The van der Waals surface area contributed by atoms with Crippen molar-refractivity contribution in [1.29, 1.82) is 0 Å². The van der Waals surface area contributed by atoms with Crippen LogP contribution in [0.2, 0.25) is 0 Å². The molecule has 0 atom stereocenters. The minimum Gasteiger partial charge on any atom is -0.493 e. The number of rotatable bonds is 7. The average molecular weight is 290 g/mol. The molecule has 0 saturated carbocycles. The third-order valence-electron chi connectivity index (χ3n) is 2.79. The van der Waals surface area contributed by atoms with Crippen LogP contribution in [0.15, 0.2) is 30.5 Å². The van der Waals surface area contributed by atoms with E-state index in [2.05, 4.69) is 37.1 Å². The zero-order valence-corrected chi connectivity index (χ0v) is 13.2. The fourth-order valence-corrected chi connectivity index (χ4v) is 2.54. The van der Waals surface area contributed by atoms with E-state index in [9.17, 15) is 0 Å². The molecule has 0 spiro atoms. The Balaban J connectivity index is 1.90. The first-order valence-electron chi connectivity index (χ1n) is 7.07. The molecule has 2 aromatic rings. The summed E-state index contributed by atoms with van der Waals surface area (Å²) in [6.45, 7) is 7.99. The first-order valence-corrected chi connectivity index (χ1v) is 7.89. The standard InChI is InChI=1S/C16H22N2OS/c1-4-16-18-10-15(20-16)9-17-13-6-5-7-14(8-13)19-11-12(2)3/h5-8,10,12,17H,4,9,11H2,1-3H3. The van der Waals surface area contributed by atoms with E-state index >= 15 is 0 Å². The predicted octanol–water partition coefficient (Wildman–Crippen LogP) is 4.35. The third-order valence-corrected chi connectivity index (χ3v) is 3.93. The van der Waals surface area contributed by atoms with Crippen molar-refractivity contribution in [2.45, 2.75) is 33.7 Å². The van der Waals surface area contributed by atoms with Crippen molar-refractivity contribution in [3.63, 3.8) is 0 Å². The summed E-state index contributed by atoms with van der Waals surface area (Å²) in [5.74, 6) is 1.46. The number of ether oxygens (including phenoxy) is 1. The lowest BCUT2D eigenvalue weighted by Gasteiger charge is -2.10. The third kappa shape index (κ3) is 4.53. The molecule has 4 heteroatoms. The molecular weight excluding hydrogens is 268 g/mol. The van der Waals surface area contributed by atoms with Gasteiger partial charge in [-0.2, -0.15) is 0 Å². The number of nitrogens with one attached hydrogen (secondary N) is 1. The van der Waals surface area contributed by atoms with E-state index in [0.29, 0.717) is 5.92 Å². The zero-order valence-electron chi connectivity index (χ0n) is 12.3. The molecule has 0 bridgehead atoms. The second kappa shape index (κ2) is 7.29. The van der Waals surface area contributed by atoms with Crippen LogP contribution in [-0.4, -0.2) is 11.6 Å². The minimum atomic E-state index is 0.538. The van der Waals surface area contributed by atoms with Gasteiger partial charge in [-0.15, -0.1) is 11.3 Å². The molecule has 1 aromatic carbocycles. The molecule has 3 nitrogen and oxygen atoms in total. The van der Waals surface area contributed by atoms with E-state index in [4.69, 9.17) is 4.74 Å². The number of aryl methyl sites for hydroxylation is 1. The normalized spacial score (nSPS) is 10.8. The van der Waals surface area contributed by atoms with Gasteiger partial charge >= 0.3 is 0 Å². The van der Waals surface area contributed by atoms with Gasteiger partial charge in [-0.05, 0) is 24.5 Å². The number of nitrogens with zero attached hydrogens (tertiary/aromatic N) is 1. The van der Waals surface area contributed by atoms with Crippen molar-refractivity contribution in [3.05, 3.63) is 40.3 Å². The smallest absolute Gasteiger partial charge is 0.121 e. The van der Waals surface area contributed by atoms with Gasteiger partial charge in [-0.1, -0.05) is 26.8 Å². The van der Waals surface area contributed by atoms with E-state index in [1.165, 1.54) is 9.88 Å². The topological polar surface area (TPSA) is 34.2 Å². The summed E-state index contributed by atoms with van der Waals surface area (Å²) in [4.78, 5) is 5.63. The molecule has 0 unspecified atom stereocenters. The highest BCUT2D eigenvalue weighted by atomic mass is 32.1. The highest BCUT2D eigenvalue weighted by Gasteiger charge is 2.02. The first kappa shape index (κ1) is 14.9. The maximum absolute atomic E-state index is 5.73. The lowest BCUT2D eigenvalue weighted by Crippen LogP contribution is -2.05. The predicted molar refractivity (Wildman–Crippen MR) is 85.6 cm³/mol. The molecule has 1 heterocycles. The van der Waals surface area contributed by atoms with Gasteiger partial charge < -0.3 is 10.1 Å². The minimum absolute atomic E-state index is 0.538. The number of hydrogen-bond donors (Lipinski definition) is 1. The summed E-state index contributed by atoms with van der Waals surface area (Å²) in [6.07, 6.45) is 2.96. The van der Waals surface area contributed by atoms with Gasteiger partial charge in [0.15, 0.2) is 0 Å². The van der Waals surface area contributed by atoms with Gasteiger partial charge in [0.2, 0.25) is 0 Å². The molecular formula is C16H22N2OS. The SMILES string of the molecule is CCc1ncc(CNc2cccc(OCC(C)C)c2)s1. The van der Waals surface area contributed by atoms with E-state index in [1.54, 1.807) is 11.3 Å². The Labute approximate surface area is 125 Å². The van der Waals surface area contributed by atoms with Crippen LogP contribution >= 0.6 is 11.3 Å². The molecule has 1 N–H and O–H groups in total. The fraction of sp³-hybridized carbons (Fsp3) is 0.438. The molecule has 1 aromatic heterocycles. The van der Waals surface area contributed by atoms with Crippen LogP contribution in [0, 0.1) is 5.92 Å². The van der Waals surface area contributed by atoms with Gasteiger partial charge in [-0.25, -0.2) is 4.98 Å². The molecule has 2 rings (SSSR count). The van der Waals surface area contributed by atoms with Crippen molar-refractivity contribution in [2.24, 2.45) is 5.92 Å². The highest BCUT2D eigenvalue weighted by Crippen LogP contribution is 2.20. The number of anilines is 1. The molecule has 0 aliphatic carbocycles. The Kier molecular flexibility index (Phi) is 5.41. The van der Waals surface area contributed by atoms with Crippen molar-refractivity contribution < 1.29 is 4.74 Å². The summed E-state index contributed by atoms with van der Waals surface area (Å²) in [5, 5.41) is 4.61. The lowest BCUT2D eigenvalue weighted by molar-refractivity contribution is 0.271. The van der Waals surface area contributed by atoms with Gasteiger partial charge in [0.25, 0.3) is 0 Å². The first-order chi connectivity index (χ1) is 9.67. The lowest BCUT2D eigenvalue weighted by atomic mass is 10.2. The molecule has 0 amide bonds. The van der Waals surface area contributed by atoms with Crippen LogP contribution in [0.5, 0.6) is 5.75 Å².